The maximum absolute atomic E-state index is 13.4. The Kier molecular flexibility index (Phi) is 9.84. The minimum Gasteiger partial charge on any atom is -0.454 e. The van der Waals surface area contributed by atoms with E-state index in [0.29, 0.717) is 24.0 Å². The summed E-state index contributed by atoms with van der Waals surface area (Å²) in [6.07, 6.45) is 0.227. The summed E-state index contributed by atoms with van der Waals surface area (Å²) in [5, 5.41) is 2.73. The number of ether oxygens (including phenoxy) is 1. The molecule has 3 rings (SSSR count). The average molecular weight is 926 g/mol. The first-order valence-electron chi connectivity index (χ1n) is 10.6. The molecule has 35 heavy (non-hydrogen) atoms. The van der Waals surface area contributed by atoms with Crippen LogP contribution in [-0.2, 0) is 14.3 Å². The molecule has 2 aromatic rings. The van der Waals surface area contributed by atoms with Crippen LogP contribution >= 0.6 is 90.4 Å². The van der Waals surface area contributed by atoms with Gasteiger partial charge in [0, 0.05) is 20.0 Å². The molecule has 1 aliphatic rings. The number of hydrogen-bond donors (Lipinski definition) is 1. The summed E-state index contributed by atoms with van der Waals surface area (Å²) in [6.45, 7) is 7.10. The summed E-state index contributed by atoms with van der Waals surface area (Å²) < 4.78 is 8.47. The third kappa shape index (κ3) is 6.13. The number of nitrogens with zero attached hydrogens (tertiary/aromatic N) is 1. The monoisotopic (exact) mass is 926 g/mol. The first kappa shape index (κ1) is 29.0. The molecule has 1 atom stereocenters. The number of fused-ring (bicyclic) bond motifs is 1. The number of carbonyl (C=O) groups is 4. The number of anilines is 1. The minimum absolute atomic E-state index is 0.000636. The highest BCUT2D eigenvalue weighted by Gasteiger charge is 2.47. The molecule has 7 nitrogen and oxygen atoms in total. The second kappa shape index (κ2) is 11.9. The Labute approximate surface area is 258 Å². The van der Waals surface area contributed by atoms with E-state index in [4.69, 9.17) is 4.74 Å². The van der Waals surface area contributed by atoms with Gasteiger partial charge < -0.3 is 10.1 Å². The van der Waals surface area contributed by atoms with Crippen LogP contribution < -0.4 is 5.32 Å². The highest BCUT2D eigenvalue weighted by molar-refractivity contribution is 14.1. The van der Waals surface area contributed by atoms with E-state index in [1.54, 1.807) is 6.07 Å². The fourth-order valence-corrected chi connectivity index (χ4v) is 7.43. The van der Waals surface area contributed by atoms with E-state index in [-0.39, 0.29) is 12.3 Å². The van der Waals surface area contributed by atoms with Gasteiger partial charge >= 0.3 is 5.97 Å². The largest absolute Gasteiger partial charge is 0.454 e. The Morgan fingerprint density at radius 3 is 1.97 bits per heavy atom. The van der Waals surface area contributed by atoms with Crippen LogP contribution in [0.15, 0.2) is 18.2 Å². The number of hydrogen-bond acceptors (Lipinski definition) is 5. The maximum atomic E-state index is 13.4. The average Bonchev–Trinajstić information content (AvgIpc) is 3.04. The summed E-state index contributed by atoms with van der Waals surface area (Å²) in [4.78, 5) is 53.4. The second-order valence-corrected chi connectivity index (χ2v) is 12.9. The van der Waals surface area contributed by atoms with E-state index in [2.05, 4.69) is 95.7 Å². The molecular weight excluding hydrogens is 904 g/mol. The van der Waals surface area contributed by atoms with Crippen LogP contribution in [0.1, 0.15) is 52.1 Å². The SMILES string of the molecule is Cc1ccc(NC(=O)COC(=O)C(CC(C)C)N2C(=O)c3c(I)c(I)c(I)c(I)c3C2=O)c(C)c1. The molecule has 0 aromatic heterocycles. The smallest absolute Gasteiger partial charge is 0.329 e. The van der Waals surface area contributed by atoms with Crippen molar-refractivity contribution in [3.8, 4) is 0 Å². The lowest BCUT2D eigenvalue weighted by atomic mass is 10.0. The van der Waals surface area contributed by atoms with Crippen LogP contribution in [0.3, 0.4) is 0 Å². The zero-order valence-electron chi connectivity index (χ0n) is 19.3. The fraction of sp³-hybridized carbons (Fsp3) is 0.333. The first-order valence-corrected chi connectivity index (χ1v) is 14.9. The third-order valence-corrected chi connectivity index (χ3v) is 12.8. The van der Waals surface area contributed by atoms with Crippen LogP contribution in [0.5, 0.6) is 0 Å². The Bertz CT molecular complexity index is 1200. The minimum atomic E-state index is -1.13. The van der Waals surface area contributed by atoms with E-state index in [0.717, 1.165) is 23.2 Å². The second-order valence-electron chi connectivity index (χ2n) is 8.61. The van der Waals surface area contributed by atoms with E-state index in [1.807, 2.05) is 39.8 Å². The van der Waals surface area contributed by atoms with Crippen LogP contribution in [0, 0.1) is 34.0 Å². The van der Waals surface area contributed by atoms with Gasteiger partial charge in [-0.2, -0.15) is 0 Å². The molecule has 1 unspecified atom stereocenters. The van der Waals surface area contributed by atoms with Gasteiger partial charge in [-0.3, -0.25) is 19.3 Å². The van der Waals surface area contributed by atoms with Crippen molar-refractivity contribution in [1.82, 2.24) is 4.90 Å². The van der Waals surface area contributed by atoms with Crippen LogP contribution in [0.2, 0.25) is 0 Å². The van der Waals surface area contributed by atoms with Gasteiger partial charge in [0.05, 0.1) is 11.1 Å². The number of amides is 3. The van der Waals surface area contributed by atoms with Gasteiger partial charge in [-0.25, -0.2) is 4.79 Å². The topological polar surface area (TPSA) is 92.8 Å². The van der Waals surface area contributed by atoms with E-state index in [1.165, 1.54) is 0 Å². The number of aryl methyl sites for hydroxylation is 2. The van der Waals surface area contributed by atoms with Gasteiger partial charge in [-0.15, -0.1) is 0 Å². The van der Waals surface area contributed by atoms with E-state index in [9.17, 15) is 19.2 Å². The van der Waals surface area contributed by atoms with E-state index < -0.39 is 36.3 Å². The van der Waals surface area contributed by atoms with Crippen molar-refractivity contribution in [2.75, 3.05) is 11.9 Å². The summed E-state index contributed by atoms with van der Waals surface area (Å²) in [7, 11) is 0. The summed E-state index contributed by atoms with van der Waals surface area (Å²) in [6, 6.07) is 4.48. The number of imide groups is 1. The van der Waals surface area contributed by atoms with Crippen molar-refractivity contribution >= 4 is 120 Å². The molecule has 0 aliphatic carbocycles. The summed E-state index contributed by atoms with van der Waals surface area (Å²) in [5.74, 6) is -2.30. The number of carbonyl (C=O) groups excluding carboxylic acids is 4. The van der Waals surface area contributed by atoms with Crippen LogP contribution in [-0.4, -0.2) is 41.2 Å². The summed E-state index contributed by atoms with van der Waals surface area (Å²) >= 11 is 8.46. The van der Waals surface area contributed by atoms with Crippen molar-refractivity contribution in [3.05, 3.63) is 54.7 Å². The molecule has 11 heteroatoms. The first-order chi connectivity index (χ1) is 16.3. The van der Waals surface area contributed by atoms with Crippen molar-refractivity contribution in [2.24, 2.45) is 5.92 Å². The number of rotatable bonds is 7. The molecule has 3 amide bonds. The number of benzene rings is 2. The van der Waals surface area contributed by atoms with Gasteiger partial charge in [-0.1, -0.05) is 31.5 Å². The Morgan fingerprint density at radius 1 is 0.943 bits per heavy atom. The Balaban J connectivity index is 1.82. The highest BCUT2D eigenvalue weighted by Crippen LogP contribution is 2.38. The number of esters is 1. The van der Waals surface area contributed by atoms with Gasteiger partial charge in [0.1, 0.15) is 6.04 Å². The lowest BCUT2D eigenvalue weighted by Crippen LogP contribution is -2.47. The lowest BCUT2D eigenvalue weighted by Gasteiger charge is -2.26. The Morgan fingerprint density at radius 2 is 1.49 bits per heavy atom. The molecule has 0 fully saturated rings. The van der Waals surface area contributed by atoms with E-state index >= 15 is 0 Å². The van der Waals surface area contributed by atoms with Crippen molar-refractivity contribution in [1.29, 1.82) is 0 Å². The molecule has 0 saturated carbocycles. The molecule has 1 aliphatic heterocycles. The van der Waals surface area contributed by atoms with Gasteiger partial charge in [0.15, 0.2) is 6.61 Å². The van der Waals surface area contributed by atoms with Crippen LogP contribution in [0.4, 0.5) is 5.69 Å². The zero-order valence-corrected chi connectivity index (χ0v) is 27.9. The Hall–Kier alpha value is -0.560. The number of halogens is 4. The van der Waals surface area contributed by atoms with Gasteiger partial charge in [-0.05, 0) is 128 Å². The molecule has 0 spiro atoms. The predicted molar refractivity (Wildman–Crippen MR) is 167 cm³/mol. The molecule has 1 heterocycles. The van der Waals surface area contributed by atoms with Gasteiger partial charge in [0.25, 0.3) is 17.7 Å². The zero-order chi connectivity index (χ0) is 26.2. The molecule has 2 aromatic carbocycles. The molecule has 0 saturated heterocycles. The fourth-order valence-electron chi connectivity index (χ4n) is 3.78. The van der Waals surface area contributed by atoms with Crippen LogP contribution in [0.25, 0.3) is 0 Å². The lowest BCUT2D eigenvalue weighted by molar-refractivity contribution is -0.151. The highest BCUT2D eigenvalue weighted by atomic mass is 127. The quantitative estimate of drug-likeness (QED) is 0.123. The molecule has 0 radical (unpaired) electrons. The van der Waals surface area contributed by atoms with Crippen molar-refractivity contribution in [2.45, 2.75) is 40.2 Å². The predicted octanol–water partition coefficient (Wildman–Crippen LogP) is 5.91. The van der Waals surface area contributed by atoms with Gasteiger partial charge in [0.2, 0.25) is 0 Å². The molecular formula is C24H22I4N2O5. The third-order valence-electron chi connectivity index (χ3n) is 5.41. The number of nitrogens with one attached hydrogen (secondary N) is 1. The van der Waals surface area contributed by atoms with Crippen molar-refractivity contribution < 1.29 is 23.9 Å². The molecule has 0 bridgehead atoms. The van der Waals surface area contributed by atoms with Crippen molar-refractivity contribution in [3.63, 3.8) is 0 Å². The summed E-state index contributed by atoms with van der Waals surface area (Å²) in [5.41, 5.74) is 3.22. The molecule has 186 valence electrons. The maximum Gasteiger partial charge on any atom is 0.329 e. The normalized spacial score (nSPS) is 13.8. The molecule has 1 N–H and O–H groups in total. The standard InChI is InChI=1S/C24H22I4N2O5/c1-10(2)7-14(24(34)35-9-15(31)29-13-6-5-11(3)8-12(13)4)30-22(32)16-17(23(30)33)19(26)21(28)20(27)18(16)25/h5-6,8,10,14H,7,9H2,1-4H3,(H,29,31).